The van der Waals surface area contributed by atoms with E-state index in [2.05, 4.69) is 34.2 Å². The zero-order chi connectivity index (χ0) is 21.6. The SMILES string of the molecule is Cc1ccc(CN2CCN(CCOC(=O)NC(C)c3cccc4c3OCCO4)CC2)s1. The first-order chi connectivity index (χ1) is 15.1. The molecule has 0 radical (unpaired) electrons. The van der Waals surface area contributed by atoms with E-state index in [9.17, 15) is 4.79 Å². The highest BCUT2D eigenvalue weighted by atomic mass is 32.1. The molecule has 168 valence electrons. The molecule has 4 rings (SSSR count). The first-order valence-corrected chi connectivity index (χ1v) is 11.7. The second kappa shape index (κ2) is 10.3. The van der Waals surface area contributed by atoms with Crippen LogP contribution in [-0.2, 0) is 11.3 Å². The molecule has 7 nitrogen and oxygen atoms in total. The van der Waals surface area contributed by atoms with Gasteiger partial charge in [-0.3, -0.25) is 9.80 Å². The minimum absolute atomic E-state index is 0.228. The second-order valence-electron chi connectivity index (χ2n) is 8.00. The maximum absolute atomic E-state index is 12.3. The number of piperazine rings is 1. The maximum atomic E-state index is 12.3. The number of benzene rings is 1. The van der Waals surface area contributed by atoms with E-state index in [1.165, 1.54) is 9.75 Å². The standard InChI is InChI=1S/C23H31N3O4S/c1-17-6-7-19(31-17)16-26-10-8-25(9-11-26)12-13-30-23(27)24-18(2)20-4-3-5-21-22(20)29-15-14-28-21/h3-7,18H,8-16H2,1-2H3,(H,24,27). The Morgan fingerprint density at radius 1 is 1.13 bits per heavy atom. The Bertz CT molecular complexity index is 879. The van der Waals surface area contributed by atoms with Crippen LogP contribution in [0.3, 0.4) is 0 Å². The smallest absolute Gasteiger partial charge is 0.407 e. The summed E-state index contributed by atoms with van der Waals surface area (Å²) in [4.78, 5) is 19.9. The number of hydrogen-bond acceptors (Lipinski definition) is 7. The van der Waals surface area contributed by atoms with Crippen molar-refractivity contribution in [1.29, 1.82) is 0 Å². The molecular weight excluding hydrogens is 414 g/mol. The van der Waals surface area contributed by atoms with Crippen molar-refractivity contribution < 1.29 is 19.0 Å². The van der Waals surface area contributed by atoms with E-state index in [1.54, 1.807) is 0 Å². The molecule has 2 aliphatic rings. The van der Waals surface area contributed by atoms with Gasteiger partial charge in [-0.25, -0.2) is 4.79 Å². The quantitative estimate of drug-likeness (QED) is 0.705. The zero-order valence-electron chi connectivity index (χ0n) is 18.3. The van der Waals surface area contributed by atoms with Crippen LogP contribution in [0, 0.1) is 6.92 Å². The van der Waals surface area contributed by atoms with Gasteiger partial charge in [0.05, 0.1) is 6.04 Å². The van der Waals surface area contributed by atoms with Gasteiger partial charge in [0.2, 0.25) is 0 Å². The third kappa shape index (κ3) is 5.90. The van der Waals surface area contributed by atoms with Crippen LogP contribution < -0.4 is 14.8 Å². The van der Waals surface area contributed by atoms with E-state index in [-0.39, 0.29) is 6.04 Å². The first-order valence-electron chi connectivity index (χ1n) is 10.9. The molecule has 0 spiro atoms. The highest BCUT2D eigenvalue weighted by molar-refractivity contribution is 7.11. The number of carbonyl (C=O) groups excluding carboxylic acids is 1. The lowest BCUT2D eigenvalue weighted by molar-refractivity contribution is 0.0919. The van der Waals surface area contributed by atoms with Crippen LogP contribution in [0.15, 0.2) is 30.3 Å². The molecule has 8 heteroatoms. The van der Waals surface area contributed by atoms with Gasteiger partial charge in [-0.05, 0) is 32.0 Å². The van der Waals surface area contributed by atoms with Crippen LogP contribution in [-0.4, -0.2) is 68.4 Å². The van der Waals surface area contributed by atoms with Crippen LogP contribution in [0.2, 0.25) is 0 Å². The number of nitrogens with zero attached hydrogens (tertiary/aromatic N) is 2. The van der Waals surface area contributed by atoms with Crippen LogP contribution >= 0.6 is 11.3 Å². The molecule has 0 saturated carbocycles. The average Bonchev–Trinajstić information content (AvgIpc) is 3.19. The maximum Gasteiger partial charge on any atom is 0.407 e. The molecule has 1 saturated heterocycles. The van der Waals surface area contributed by atoms with Crippen molar-refractivity contribution >= 4 is 17.4 Å². The molecule has 1 amide bonds. The Hall–Kier alpha value is -2.29. The fraction of sp³-hybridized carbons (Fsp3) is 0.522. The predicted molar refractivity (Wildman–Crippen MR) is 121 cm³/mol. The minimum Gasteiger partial charge on any atom is -0.486 e. The molecule has 0 bridgehead atoms. The predicted octanol–water partition coefficient (Wildman–Crippen LogP) is 3.43. The van der Waals surface area contributed by atoms with Crippen LogP contribution in [0.25, 0.3) is 0 Å². The summed E-state index contributed by atoms with van der Waals surface area (Å²) in [5, 5.41) is 2.90. The molecule has 1 atom stereocenters. The van der Waals surface area contributed by atoms with Gasteiger partial charge in [0.1, 0.15) is 19.8 Å². The van der Waals surface area contributed by atoms with Crippen LogP contribution in [0.5, 0.6) is 11.5 Å². The fourth-order valence-electron chi connectivity index (χ4n) is 3.96. The lowest BCUT2D eigenvalue weighted by Gasteiger charge is -2.34. The summed E-state index contributed by atoms with van der Waals surface area (Å²) in [7, 11) is 0. The fourth-order valence-corrected chi connectivity index (χ4v) is 4.90. The summed E-state index contributed by atoms with van der Waals surface area (Å²) >= 11 is 1.88. The van der Waals surface area contributed by atoms with Gasteiger partial charge in [-0.2, -0.15) is 0 Å². The molecule has 1 unspecified atom stereocenters. The number of ether oxygens (including phenoxy) is 3. The molecule has 1 aromatic carbocycles. The molecule has 0 aliphatic carbocycles. The molecule has 1 aromatic heterocycles. The number of aryl methyl sites for hydroxylation is 1. The van der Waals surface area contributed by atoms with Gasteiger partial charge in [-0.1, -0.05) is 12.1 Å². The van der Waals surface area contributed by atoms with E-state index in [1.807, 2.05) is 36.5 Å². The molecule has 31 heavy (non-hydrogen) atoms. The van der Waals surface area contributed by atoms with E-state index >= 15 is 0 Å². The summed E-state index contributed by atoms with van der Waals surface area (Å²) in [6.07, 6.45) is -0.409. The molecule has 2 aromatic rings. The number of amides is 1. The third-order valence-corrected chi connectivity index (χ3v) is 6.66. The largest absolute Gasteiger partial charge is 0.486 e. The van der Waals surface area contributed by atoms with Crippen molar-refractivity contribution in [2.75, 3.05) is 52.5 Å². The molecule has 2 aliphatic heterocycles. The summed E-state index contributed by atoms with van der Waals surface area (Å²) in [5.41, 5.74) is 0.895. The van der Waals surface area contributed by atoms with Gasteiger partial charge in [0, 0.05) is 54.6 Å². The van der Waals surface area contributed by atoms with E-state index in [4.69, 9.17) is 14.2 Å². The van der Waals surface area contributed by atoms with Crippen molar-refractivity contribution in [2.24, 2.45) is 0 Å². The number of nitrogens with one attached hydrogen (secondary N) is 1. The molecule has 1 N–H and O–H groups in total. The highest BCUT2D eigenvalue weighted by Gasteiger charge is 2.21. The van der Waals surface area contributed by atoms with Gasteiger partial charge < -0.3 is 19.5 Å². The Kier molecular flexibility index (Phi) is 7.32. The van der Waals surface area contributed by atoms with E-state index in [0.717, 1.165) is 50.6 Å². The molecule has 1 fully saturated rings. The van der Waals surface area contributed by atoms with Gasteiger partial charge in [-0.15, -0.1) is 11.3 Å². The zero-order valence-corrected chi connectivity index (χ0v) is 19.1. The van der Waals surface area contributed by atoms with Crippen molar-refractivity contribution in [1.82, 2.24) is 15.1 Å². The Balaban J connectivity index is 1.16. The van der Waals surface area contributed by atoms with Gasteiger partial charge >= 0.3 is 6.09 Å². The van der Waals surface area contributed by atoms with E-state index in [0.29, 0.717) is 25.6 Å². The minimum atomic E-state index is -0.409. The summed E-state index contributed by atoms with van der Waals surface area (Å²) in [5.74, 6) is 1.43. The highest BCUT2D eigenvalue weighted by Crippen LogP contribution is 2.36. The summed E-state index contributed by atoms with van der Waals surface area (Å²) in [6, 6.07) is 9.91. The van der Waals surface area contributed by atoms with Crippen molar-refractivity contribution in [3.63, 3.8) is 0 Å². The second-order valence-corrected chi connectivity index (χ2v) is 9.38. The lowest BCUT2D eigenvalue weighted by atomic mass is 10.1. The average molecular weight is 446 g/mol. The van der Waals surface area contributed by atoms with Gasteiger partial charge in [0.15, 0.2) is 11.5 Å². The molecular formula is C23H31N3O4S. The number of alkyl carbamates (subject to hydrolysis) is 1. The number of carbonyl (C=O) groups is 1. The number of para-hydroxylation sites is 1. The van der Waals surface area contributed by atoms with Crippen molar-refractivity contribution in [3.8, 4) is 11.5 Å². The van der Waals surface area contributed by atoms with Crippen molar-refractivity contribution in [2.45, 2.75) is 26.4 Å². The Morgan fingerprint density at radius 3 is 2.68 bits per heavy atom. The number of thiophene rings is 1. The lowest BCUT2D eigenvalue weighted by Crippen LogP contribution is -2.47. The number of fused-ring (bicyclic) bond motifs is 1. The van der Waals surface area contributed by atoms with Crippen molar-refractivity contribution in [3.05, 3.63) is 45.6 Å². The van der Waals surface area contributed by atoms with Crippen LogP contribution in [0.4, 0.5) is 4.79 Å². The van der Waals surface area contributed by atoms with Crippen LogP contribution in [0.1, 0.15) is 28.3 Å². The third-order valence-electron chi connectivity index (χ3n) is 5.68. The number of hydrogen-bond donors (Lipinski definition) is 1. The monoisotopic (exact) mass is 445 g/mol. The normalized spacial score (nSPS) is 17.9. The summed E-state index contributed by atoms with van der Waals surface area (Å²) < 4.78 is 16.8. The van der Waals surface area contributed by atoms with E-state index < -0.39 is 6.09 Å². The van der Waals surface area contributed by atoms with Gasteiger partial charge in [0.25, 0.3) is 0 Å². The summed E-state index contributed by atoms with van der Waals surface area (Å²) in [6.45, 7) is 11.4. The topological polar surface area (TPSA) is 63.3 Å². The first kappa shape index (κ1) is 21.9. The number of rotatable bonds is 7. The Labute approximate surface area is 187 Å². The Morgan fingerprint density at radius 2 is 1.90 bits per heavy atom. The molecule has 3 heterocycles.